The molecule has 8 heteroatoms. The standard InChI is InChI=1S/C14H17F2N5O/c1-9(20-14-19-8-18-13(17)21-14)6-7-10-4-2-3-5-11(10)22-12(15)16/h2-5,8-9,12H,6-7H2,1H3,(H3,17,18,19,20,21). The quantitative estimate of drug-likeness (QED) is 0.817. The minimum Gasteiger partial charge on any atom is -0.435 e. The van der Waals surface area contributed by atoms with Gasteiger partial charge >= 0.3 is 6.61 Å². The largest absolute Gasteiger partial charge is 0.435 e. The van der Waals surface area contributed by atoms with Crippen molar-refractivity contribution in [3.05, 3.63) is 36.2 Å². The van der Waals surface area contributed by atoms with Crippen molar-refractivity contribution in [3.8, 4) is 5.75 Å². The van der Waals surface area contributed by atoms with Gasteiger partial charge in [-0.05, 0) is 31.4 Å². The zero-order chi connectivity index (χ0) is 15.9. The number of para-hydroxylation sites is 1. The van der Waals surface area contributed by atoms with Crippen LogP contribution in [0.3, 0.4) is 0 Å². The van der Waals surface area contributed by atoms with Gasteiger partial charge in [-0.15, -0.1) is 0 Å². The Hall–Kier alpha value is -2.51. The minimum absolute atomic E-state index is 0.0291. The smallest absolute Gasteiger partial charge is 0.387 e. The van der Waals surface area contributed by atoms with E-state index in [2.05, 4.69) is 25.0 Å². The molecule has 1 aromatic carbocycles. The molecule has 1 aromatic heterocycles. The number of nitrogens with one attached hydrogen (secondary N) is 1. The molecule has 1 unspecified atom stereocenters. The second-order valence-electron chi connectivity index (χ2n) is 4.74. The van der Waals surface area contributed by atoms with Crippen LogP contribution in [0.5, 0.6) is 5.75 Å². The summed E-state index contributed by atoms with van der Waals surface area (Å²) in [5.74, 6) is 0.728. The maximum absolute atomic E-state index is 12.4. The van der Waals surface area contributed by atoms with Crippen LogP contribution in [0.2, 0.25) is 0 Å². The van der Waals surface area contributed by atoms with Gasteiger partial charge in [-0.25, -0.2) is 9.97 Å². The molecule has 0 amide bonds. The maximum atomic E-state index is 12.4. The van der Waals surface area contributed by atoms with Crippen LogP contribution in [-0.2, 0) is 6.42 Å². The van der Waals surface area contributed by atoms with Crippen molar-refractivity contribution in [2.75, 3.05) is 11.1 Å². The number of halogens is 2. The molecule has 3 N–H and O–H groups in total. The predicted molar refractivity (Wildman–Crippen MR) is 78.7 cm³/mol. The molecule has 0 saturated heterocycles. The SMILES string of the molecule is CC(CCc1ccccc1OC(F)F)Nc1ncnc(N)n1. The third-order valence-electron chi connectivity index (χ3n) is 3.00. The van der Waals surface area contributed by atoms with Crippen molar-refractivity contribution in [3.63, 3.8) is 0 Å². The molecule has 0 radical (unpaired) electrons. The first-order chi connectivity index (χ1) is 10.5. The summed E-state index contributed by atoms with van der Waals surface area (Å²) >= 11 is 0. The Balaban J connectivity index is 1.92. The lowest BCUT2D eigenvalue weighted by molar-refractivity contribution is -0.0504. The third kappa shape index (κ3) is 4.80. The second kappa shape index (κ2) is 7.48. The molecular formula is C14H17F2N5O. The van der Waals surface area contributed by atoms with Crippen LogP contribution in [0.1, 0.15) is 18.9 Å². The highest BCUT2D eigenvalue weighted by molar-refractivity contribution is 5.34. The van der Waals surface area contributed by atoms with Gasteiger partial charge in [0.25, 0.3) is 0 Å². The van der Waals surface area contributed by atoms with Gasteiger partial charge in [-0.3, -0.25) is 0 Å². The van der Waals surface area contributed by atoms with E-state index in [4.69, 9.17) is 5.73 Å². The maximum Gasteiger partial charge on any atom is 0.387 e. The number of benzene rings is 1. The molecule has 22 heavy (non-hydrogen) atoms. The minimum atomic E-state index is -2.83. The Morgan fingerprint density at radius 1 is 1.27 bits per heavy atom. The number of rotatable bonds is 7. The van der Waals surface area contributed by atoms with Gasteiger partial charge in [0, 0.05) is 6.04 Å². The fourth-order valence-electron chi connectivity index (χ4n) is 1.96. The van der Waals surface area contributed by atoms with E-state index < -0.39 is 6.61 Å². The van der Waals surface area contributed by atoms with E-state index in [0.29, 0.717) is 18.8 Å². The van der Waals surface area contributed by atoms with E-state index in [0.717, 1.165) is 5.56 Å². The van der Waals surface area contributed by atoms with Crippen molar-refractivity contribution >= 4 is 11.9 Å². The van der Waals surface area contributed by atoms with Crippen LogP contribution in [0.25, 0.3) is 0 Å². The Bertz CT molecular complexity index is 611. The molecule has 1 heterocycles. The average Bonchev–Trinajstić information content (AvgIpc) is 2.46. The number of hydrogen-bond acceptors (Lipinski definition) is 6. The van der Waals surface area contributed by atoms with Gasteiger partial charge in [0.2, 0.25) is 11.9 Å². The summed E-state index contributed by atoms with van der Waals surface area (Å²) in [5.41, 5.74) is 6.20. The number of nitrogens with two attached hydrogens (primary N) is 1. The van der Waals surface area contributed by atoms with Gasteiger partial charge in [-0.2, -0.15) is 13.8 Å². The first-order valence-corrected chi connectivity index (χ1v) is 6.78. The summed E-state index contributed by atoms with van der Waals surface area (Å²) in [6, 6.07) is 6.79. The first-order valence-electron chi connectivity index (χ1n) is 6.78. The van der Waals surface area contributed by atoms with Crippen molar-refractivity contribution < 1.29 is 13.5 Å². The van der Waals surface area contributed by atoms with E-state index in [1.54, 1.807) is 18.2 Å². The molecule has 0 bridgehead atoms. The van der Waals surface area contributed by atoms with Gasteiger partial charge in [0.1, 0.15) is 12.1 Å². The molecule has 2 aromatic rings. The second-order valence-corrected chi connectivity index (χ2v) is 4.74. The lowest BCUT2D eigenvalue weighted by atomic mass is 10.1. The lowest BCUT2D eigenvalue weighted by Crippen LogP contribution is -2.18. The molecule has 0 fully saturated rings. The van der Waals surface area contributed by atoms with E-state index >= 15 is 0 Å². The Kier molecular flexibility index (Phi) is 5.40. The number of aromatic nitrogens is 3. The number of nitrogens with zero attached hydrogens (tertiary/aromatic N) is 3. The van der Waals surface area contributed by atoms with Crippen LogP contribution in [0, 0.1) is 0 Å². The number of nitrogen functional groups attached to an aromatic ring is 1. The monoisotopic (exact) mass is 309 g/mol. The molecule has 0 saturated carbocycles. The Morgan fingerprint density at radius 3 is 2.77 bits per heavy atom. The van der Waals surface area contributed by atoms with Crippen LogP contribution in [0.4, 0.5) is 20.7 Å². The molecule has 6 nitrogen and oxygen atoms in total. The Morgan fingerprint density at radius 2 is 2.05 bits per heavy atom. The molecule has 0 aliphatic carbocycles. The van der Waals surface area contributed by atoms with Gasteiger partial charge in [0.15, 0.2) is 0 Å². The number of anilines is 2. The van der Waals surface area contributed by atoms with Crippen LogP contribution in [-0.4, -0.2) is 27.6 Å². The summed E-state index contributed by atoms with van der Waals surface area (Å²) in [6.07, 6.45) is 2.59. The lowest BCUT2D eigenvalue weighted by Gasteiger charge is -2.15. The van der Waals surface area contributed by atoms with Gasteiger partial charge < -0.3 is 15.8 Å². The molecule has 118 valence electrons. The van der Waals surface area contributed by atoms with Crippen LogP contribution >= 0.6 is 0 Å². The normalized spacial score (nSPS) is 12.2. The van der Waals surface area contributed by atoms with E-state index in [1.807, 2.05) is 6.92 Å². The van der Waals surface area contributed by atoms with Crippen molar-refractivity contribution in [1.29, 1.82) is 0 Å². The highest BCUT2D eigenvalue weighted by Gasteiger charge is 2.11. The van der Waals surface area contributed by atoms with Gasteiger partial charge in [0.05, 0.1) is 0 Å². The molecule has 2 rings (SSSR count). The predicted octanol–water partition coefficient (Wildman–Crippen LogP) is 2.49. The van der Waals surface area contributed by atoms with Gasteiger partial charge in [-0.1, -0.05) is 18.2 Å². The number of alkyl halides is 2. The van der Waals surface area contributed by atoms with E-state index in [-0.39, 0.29) is 17.7 Å². The highest BCUT2D eigenvalue weighted by atomic mass is 19.3. The number of ether oxygens (including phenoxy) is 1. The summed E-state index contributed by atoms with van der Waals surface area (Å²) in [5, 5.41) is 3.08. The zero-order valence-corrected chi connectivity index (χ0v) is 12.0. The third-order valence-corrected chi connectivity index (χ3v) is 3.00. The molecule has 1 atom stereocenters. The van der Waals surface area contributed by atoms with E-state index in [1.165, 1.54) is 12.4 Å². The van der Waals surface area contributed by atoms with Crippen LogP contribution < -0.4 is 15.8 Å². The fourth-order valence-corrected chi connectivity index (χ4v) is 1.96. The molecule has 0 spiro atoms. The van der Waals surface area contributed by atoms with Crippen molar-refractivity contribution in [2.45, 2.75) is 32.4 Å². The number of aryl methyl sites for hydroxylation is 1. The van der Waals surface area contributed by atoms with E-state index in [9.17, 15) is 8.78 Å². The molecule has 0 aliphatic rings. The molecular weight excluding hydrogens is 292 g/mol. The number of hydrogen-bond donors (Lipinski definition) is 2. The average molecular weight is 309 g/mol. The van der Waals surface area contributed by atoms with Crippen molar-refractivity contribution in [2.24, 2.45) is 0 Å². The zero-order valence-electron chi connectivity index (χ0n) is 12.0. The van der Waals surface area contributed by atoms with Crippen molar-refractivity contribution in [1.82, 2.24) is 15.0 Å². The highest BCUT2D eigenvalue weighted by Crippen LogP contribution is 2.22. The Labute approximate surface area is 126 Å². The summed E-state index contributed by atoms with van der Waals surface area (Å²) in [7, 11) is 0. The summed E-state index contributed by atoms with van der Waals surface area (Å²) in [4.78, 5) is 11.6. The summed E-state index contributed by atoms with van der Waals surface area (Å²) in [6.45, 7) is -0.888. The fraction of sp³-hybridized carbons (Fsp3) is 0.357. The first kappa shape index (κ1) is 15.9. The summed E-state index contributed by atoms with van der Waals surface area (Å²) < 4.78 is 29.2. The van der Waals surface area contributed by atoms with Crippen LogP contribution in [0.15, 0.2) is 30.6 Å². The molecule has 0 aliphatic heterocycles. The topological polar surface area (TPSA) is 86.0 Å².